The molecule has 30 heavy (non-hydrogen) atoms. The summed E-state index contributed by atoms with van der Waals surface area (Å²) in [5, 5.41) is 6.80. The largest absolute Gasteiger partial charge is 0.478 e. The van der Waals surface area contributed by atoms with Crippen LogP contribution in [0.1, 0.15) is 30.5 Å². The van der Waals surface area contributed by atoms with E-state index in [1.807, 2.05) is 19.1 Å². The fourth-order valence-corrected chi connectivity index (χ4v) is 3.38. The van der Waals surface area contributed by atoms with E-state index in [4.69, 9.17) is 14.5 Å². The third-order valence-corrected chi connectivity index (χ3v) is 4.95. The molecule has 2 heterocycles. The Bertz CT molecular complexity index is 806. The number of hydrogen-bond acceptors (Lipinski definition) is 5. The molecule has 0 radical (unpaired) electrons. The first-order chi connectivity index (χ1) is 14.8. The molecule has 0 unspecified atom stereocenters. The highest BCUT2D eigenvalue weighted by molar-refractivity contribution is 5.79. The molecule has 162 valence electrons. The van der Waals surface area contributed by atoms with Crippen LogP contribution in [0.25, 0.3) is 0 Å². The monoisotopic (exact) mass is 411 g/mol. The van der Waals surface area contributed by atoms with Crippen LogP contribution in [0.3, 0.4) is 0 Å². The summed E-state index contributed by atoms with van der Waals surface area (Å²) in [4.78, 5) is 11.5. The first-order valence-electron chi connectivity index (χ1n) is 10.8. The maximum Gasteiger partial charge on any atom is 0.218 e. The van der Waals surface area contributed by atoms with Gasteiger partial charge in [-0.05, 0) is 31.0 Å². The van der Waals surface area contributed by atoms with Gasteiger partial charge in [-0.1, -0.05) is 30.3 Å². The zero-order chi connectivity index (χ0) is 21.0. The average Bonchev–Trinajstić information content (AvgIpc) is 2.78. The molecule has 0 atom stereocenters. The molecular weight excluding hydrogens is 378 g/mol. The Labute approximate surface area is 179 Å². The molecule has 1 aromatic carbocycles. The summed E-state index contributed by atoms with van der Waals surface area (Å²) in [5.41, 5.74) is 3.60. The molecule has 0 spiro atoms. The van der Waals surface area contributed by atoms with Crippen molar-refractivity contribution in [2.75, 3.05) is 39.5 Å². The molecule has 1 aliphatic heterocycles. The van der Waals surface area contributed by atoms with Crippen LogP contribution >= 0.6 is 0 Å². The standard InChI is InChI=1S/C23H33N5O2/c1-3-24-23(27-17-20-10-7-11-25-22(20)30-4-2)26-16-19-8-5-6-9-21(19)18-28-12-14-29-15-13-28/h5-11H,3-4,12-18H2,1-2H3,(H2,24,26,27). The lowest BCUT2D eigenvalue weighted by atomic mass is 10.1. The van der Waals surface area contributed by atoms with Gasteiger partial charge in [0.1, 0.15) is 0 Å². The Balaban J connectivity index is 1.64. The lowest BCUT2D eigenvalue weighted by molar-refractivity contribution is 0.0341. The van der Waals surface area contributed by atoms with Gasteiger partial charge in [0, 0.05) is 44.5 Å². The van der Waals surface area contributed by atoms with Gasteiger partial charge < -0.3 is 20.1 Å². The van der Waals surface area contributed by atoms with E-state index in [-0.39, 0.29) is 0 Å². The number of benzene rings is 1. The van der Waals surface area contributed by atoms with Crippen LogP contribution in [0.5, 0.6) is 5.88 Å². The van der Waals surface area contributed by atoms with Crippen molar-refractivity contribution in [3.8, 4) is 5.88 Å². The van der Waals surface area contributed by atoms with Crippen molar-refractivity contribution in [3.05, 3.63) is 59.3 Å². The van der Waals surface area contributed by atoms with E-state index in [0.29, 0.717) is 19.0 Å². The quantitative estimate of drug-likeness (QED) is 0.488. The van der Waals surface area contributed by atoms with Crippen LogP contribution in [-0.2, 0) is 24.4 Å². The van der Waals surface area contributed by atoms with Gasteiger partial charge in [-0.2, -0.15) is 0 Å². The number of rotatable bonds is 9. The van der Waals surface area contributed by atoms with Crippen molar-refractivity contribution in [3.63, 3.8) is 0 Å². The number of guanidine groups is 1. The molecule has 1 fully saturated rings. The van der Waals surface area contributed by atoms with Crippen molar-refractivity contribution in [2.24, 2.45) is 4.99 Å². The third-order valence-electron chi connectivity index (χ3n) is 4.95. The second-order valence-electron chi connectivity index (χ2n) is 7.11. The fraction of sp³-hybridized carbons (Fsp3) is 0.478. The summed E-state index contributed by atoms with van der Waals surface area (Å²) in [5.74, 6) is 1.43. The van der Waals surface area contributed by atoms with Crippen molar-refractivity contribution in [1.82, 2.24) is 20.5 Å². The van der Waals surface area contributed by atoms with E-state index in [2.05, 4.69) is 51.7 Å². The van der Waals surface area contributed by atoms with Crippen LogP contribution in [0.15, 0.2) is 47.6 Å². The molecule has 0 saturated carbocycles. The van der Waals surface area contributed by atoms with Crippen molar-refractivity contribution < 1.29 is 9.47 Å². The Hall–Kier alpha value is -2.64. The molecule has 0 amide bonds. The van der Waals surface area contributed by atoms with Gasteiger partial charge in [-0.25, -0.2) is 9.98 Å². The molecule has 1 aliphatic rings. The summed E-state index contributed by atoms with van der Waals surface area (Å²) in [6, 6.07) is 12.5. The zero-order valence-electron chi connectivity index (χ0n) is 18.1. The van der Waals surface area contributed by atoms with E-state index in [1.165, 1.54) is 11.1 Å². The highest BCUT2D eigenvalue weighted by atomic mass is 16.5. The summed E-state index contributed by atoms with van der Waals surface area (Å²) in [7, 11) is 0. The van der Waals surface area contributed by atoms with Crippen molar-refractivity contribution in [2.45, 2.75) is 33.5 Å². The Morgan fingerprint density at radius 1 is 1.07 bits per heavy atom. The summed E-state index contributed by atoms with van der Waals surface area (Å²) < 4.78 is 11.1. The van der Waals surface area contributed by atoms with E-state index in [0.717, 1.165) is 57.5 Å². The van der Waals surface area contributed by atoms with E-state index < -0.39 is 0 Å². The lowest BCUT2D eigenvalue weighted by Crippen LogP contribution is -2.38. The highest BCUT2D eigenvalue weighted by Crippen LogP contribution is 2.16. The summed E-state index contributed by atoms with van der Waals surface area (Å²) in [6.45, 7) is 11.2. The van der Waals surface area contributed by atoms with Gasteiger partial charge in [-0.15, -0.1) is 0 Å². The van der Waals surface area contributed by atoms with Gasteiger partial charge in [0.05, 0.1) is 26.4 Å². The molecule has 2 N–H and O–H groups in total. The number of aliphatic imine (C=N–C) groups is 1. The van der Waals surface area contributed by atoms with Crippen LogP contribution in [0.4, 0.5) is 0 Å². The third kappa shape index (κ3) is 6.71. The lowest BCUT2D eigenvalue weighted by Gasteiger charge is -2.27. The molecule has 3 rings (SSSR count). The second-order valence-corrected chi connectivity index (χ2v) is 7.11. The van der Waals surface area contributed by atoms with E-state index in [9.17, 15) is 0 Å². The van der Waals surface area contributed by atoms with E-state index >= 15 is 0 Å². The average molecular weight is 412 g/mol. The van der Waals surface area contributed by atoms with Crippen LogP contribution in [-0.4, -0.2) is 55.3 Å². The van der Waals surface area contributed by atoms with Crippen molar-refractivity contribution >= 4 is 5.96 Å². The zero-order valence-corrected chi connectivity index (χ0v) is 18.1. The first-order valence-corrected chi connectivity index (χ1v) is 10.8. The van der Waals surface area contributed by atoms with Crippen LogP contribution < -0.4 is 15.4 Å². The molecule has 0 aliphatic carbocycles. The number of aromatic nitrogens is 1. The minimum atomic E-state index is 0.508. The topological polar surface area (TPSA) is 71.0 Å². The molecule has 1 saturated heterocycles. The predicted octanol–water partition coefficient (Wildman–Crippen LogP) is 2.57. The molecular formula is C23H33N5O2. The number of ether oxygens (including phenoxy) is 2. The maximum atomic E-state index is 5.61. The smallest absolute Gasteiger partial charge is 0.218 e. The predicted molar refractivity (Wildman–Crippen MR) is 120 cm³/mol. The van der Waals surface area contributed by atoms with E-state index in [1.54, 1.807) is 6.20 Å². The molecule has 0 bridgehead atoms. The minimum Gasteiger partial charge on any atom is -0.478 e. The fourth-order valence-electron chi connectivity index (χ4n) is 3.38. The molecule has 2 aromatic rings. The maximum absolute atomic E-state index is 5.61. The SMILES string of the molecule is CCNC(=NCc1cccnc1OCC)NCc1ccccc1CN1CCOCC1. The van der Waals surface area contributed by atoms with Crippen molar-refractivity contribution in [1.29, 1.82) is 0 Å². The molecule has 7 nitrogen and oxygen atoms in total. The number of nitrogens with one attached hydrogen (secondary N) is 2. The van der Waals surface area contributed by atoms with Gasteiger partial charge in [0.2, 0.25) is 5.88 Å². The molecule has 7 heteroatoms. The number of nitrogens with zero attached hydrogens (tertiary/aromatic N) is 3. The number of morpholine rings is 1. The highest BCUT2D eigenvalue weighted by Gasteiger charge is 2.13. The Morgan fingerprint density at radius 3 is 2.60 bits per heavy atom. The first kappa shape index (κ1) is 22.1. The normalized spacial score (nSPS) is 15.1. The van der Waals surface area contributed by atoms with Gasteiger partial charge in [-0.3, -0.25) is 4.90 Å². The molecule has 1 aromatic heterocycles. The van der Waals surface area contributed by atoms with Crippen LogP contribution in [0.2, 0.25) is 0 Å². The van der Waals surface area contributed by atoms with Crippen LogP contribution in [0, 0.1) is 0 Å². The Morgan fingerprint density at radius 2 is 1.83 bits per heavy atom. The minimum absolute atomic E-state index is 0.508. The van der Waals surface area contributed by atoms with Gasteiger partial charge >= 0.3 is 0 Å². The summed E-state index contributed by atoms with van der Waals surface area (Å²) in [6.07, 6.45) is 1.74. The van der Waals surface area contributed by atoms with Gasteiger partial charge in [0.25, 0.3) is 0 Å². The van der Waals surface area contributed by atoms with Gasteiger partial charge in [0.15, 0.2) is 5.96 Å². The number of pyridine rings is 1. The second kappa shape index (κ2) is 12.1. The summed E-state index contributed by atoms with van der Waals surface area (Å²) >= 11 is 0. The number of hydrogen-bond donors (Lipinski definition) is 2. The Kier molecular flexibility index (Phi) is 8.93.